The molecule has 15 heavy (non-hydrogen) atoms. The minimum atomic E-state index is 0.942. The normalized spacial score (nSPS) is 10.1. The highest BCUT2D eigenvalue weighted by Crippen LogP contribution is 2.14. The van der Waals surface area contributed by atoms with Gasteiger partial charge in [-0.15, -0.1) is 11.8 Å². The molecule has 0 spiro atoms. The molecule has 0 aliphatic rings. The molecule has 0 radical (unpaired) electrons. The van der Waals surface area contributed by atoms with E-state index in [1.807, 2.05) is 60.6 Å². The van der Waals surface area contributed by atoms with E-state index in [9.17, 15) is 0 Å². The summed E-state index contributed by atoms with van der Waals surface area (Å²) in [5, 5.41) is 0. The zero-order chi connectivity index (χ0) is 10.3. The monoisotopic (exact) mass is 216 g/mol. The molecule has 0 aromatic carbocycles. The molecule has 2 nitrogen and oxygen atoms in total. The highest BCUT2D eigenvalue weighted by Gasteiger charge is 1.95. The van der Waals surface area contributed by atoms with Gasteiger partial charge in [0.1, 0.15) is 0 Å². The summed E-state index contributed by atoms with van der Waals surface area (Å²) < 4.78 is 0. The fourth-order valence-electron chi connectivity index (χ4n) is 1.23. The third-order valence-corrected chi connectivity index (χ3v) is 2.95. The molecule has 0 aliphatic heterocycles. The predicted octanol–water partition coefficient (Wildman–Crippen LogP) is 2.91. The van der Waals surface area contributed by atoms with E-state index in [2.05, 4.69) is 9.97 Å². The van der Waals surface area contributed by atoms with Crippen LogP contribution < -0.4 is 0 Å². The summed E-state index contributed by atoms with van der Waals surface area (Å²) in [7, 11) is 0. The molecule has 0 amide bonds. The molecule has 0 N–H and O–H groups in total. The van der Waals surface area contributed by atoms with Crippen molar-refractivity contribution in [1.29, 1.82) is 0 Å². The van der Waals surface area contributed by atoms with E-state index in [0.29, 0.717) is 0 Å². The molecule has 0 saturated carbocycles. The van der Waals surface area contributed by atoms with Crippen LogP contribution in [0.2, 0.25) is 0 Å². The molecule has 2 heterocycles. The average molecular weight is 216 g/mol. The van der Waals surface area contributed by atoms with Gasteiger partial charge in [0.25, 0.3) is 0 Å². The Morgan fingerprint density at radius 2 is 1.33 bits per heavy atom. The van der Waals surface area contributed by atoms with Crippen LogP contribution in [0.4, 0.5) is 0 Å². The number of hydrogen-bond donors (Lipinski definition) is 0. The van der Waals surface area contributed by atoms with Gasteiger partial charge in [0, 0.05) is 23.9 Å². The smallest absolute Gasteiger partial charge is 0.0502 e. The molecular formula is C12H12N2S. The van der Waals surface area contributed by atoms with E-state index in [1.165, 1.54) is 0 Å². The Bertz CT molecular complexity index is 349. The van der Waals surface area contributed by atoms with Gasteiger partial charge in [-0.25, -0.2) is 0 Å². The van der Waals surface area contributed by atoms with Crippen LogP contribution in [0, 0.1) is 0 Å². The number of pyridine rings is 2. The second-order valence-corrected chi connectivity index (χ2v) is 4.12. The van der Waals surface area contributed by atoms with Crippen LogP contribution in [0.1, 0.15) is 11.4 Å². The molecule has 3 heteroatoms. The molecular weight excluding hydrogens is 204 g/mol. The Balaban J connectivity index is 1.81. The Hall–Kier alpha value is -1.35. The van der Waals surface area contributed by atoms with Crippen LogP contribution >= 0.6 is 11.8 Å². The number of aromatic nitrogens is 2. The first-order valence-electron chi connectivity index (χ1n) is 4.83. The maximum absolute atomic E-state index is 4.27. The summed E-state index contributed by atoms with van der Waals surface area (Å²) in [6.45, 7) is 0. The lowest BCUT2D eigenvalue weighted by molar-refractivity contribution is 1.15. The van der Waals surface area contributed by atoms with Crippen LogP contribution in [0.5, 0.6) is 0 Å². The standard InChI is InChI=1S/C12H12N2S/c1-3-7-13-11(5-1)9-15-10-12-6-2-4-8-14-12/h1-8H,9-10H2. The summed E-state index contributed by atoms with van der Waals surface area (Å²) in [5.41, 5.74) is 2.25. The maximum atomic E-state index is 4.27. The van der Waals surface area contributed by atoms with Gasteiger partial charge in [-0.1, -0.05) is 12.1 Å². The Morgan fingerprint density at radius 1 is 0.800 bits per heavy atom. The van der Waals surface area contributed by atoms with Gasteiger partial charge >= 0.3 is 0 Å². The number of rotatable bonds is 4. The SMILES string of the molecule is c1ccc(CSCc2ccccn2)nc1. The van der Waals surface area contributed by atoms with Crippen molar-refractivity contribution in [3.63, 3.8) is 0 Å². The fourth-order valence-corrected chi connectivity index (χ4v) is 2.09. The van der Waals surface area contributed by atoms with Crippen molar-refractivity contribution in [2.75, 3.05) is 0 Å². The summed E-state index contributed by atoms with van der Waals surface area (Å²) in [6.07, 6.45) is 3.66. The topological polar surface area (TPSA) is 25.8 Å². The first-order valence-corrected chi connectivity index (χ1v) is 5.98. The summed E-state index contributed by atoms with van der Waals surface area (Å²) in [4.78, 5) is 8.54. The third kappa shape index (κ3) is 3.36. The lowest BCUT2D eigenvalue weighted by Gasteiger charge is -2.00. The van der Waals surface area contributed by atoms with Crippen molar-refractivity contribution in [2.45, 2.75) is 11.5 Å². The van der Waals surface area contributed by atoms with Gasteiger partial charge < -0.3 is 0 Å². The van der Waals surface area contributed by atoms with E-state index >= 15 is 0 Å². The summed E-state index contributed by atoms with van der Waals surface area (Å²) >= 11 is 1.83. The van der Waals surface area contributed by atoms with Gasteiger partial charge in [-0.05, 0) is 24.3 Å². The van der Waals surface area contributed by atoms with Crippen LogP contribution in [0.25, 0.3) is 0 Å². The second-order valence-electron chi connectivity index (χ2n) is 3.13. The number of nitrogens with zero attached hydrogens (tertiary/aromatic N) is 2. The summed E-state index contributed by atoms with van der Waals surface area (Å²) in [6, 6.07) is 12.0. The molecule has 0 unspecified atom stereocenters. The minimum absolute atomic E-state index is 0.942. The van der Waals surface area contributed by atoms with Crippen molar-refractivity contribution >= 4 is 11.8 Å². The number of hydrogen-bond acceptors (Lipinski definition) is 3. The Labute approximate surface area is 93.8 Å². The predicted molar refractivity (Wildman–Crippen MR) is 63.5 cm³/mol. The first kappa shape index (κ1) is 10.2. The second kappa shape index (κ2) is 5.51. The molecule has 0 atom stereocenters. The van der Waals surface area contributed by atoms with E-state index in [1.54, 1.807) is 0 Å². The fraction of sp³-hybridized carbons (Fsp3) is 0.167. The highest BCUT2D eigenvalue weighted by molar-refractivity contribution is 7.97. The molecule has 0 fully saturated rings. The minimum Gasteiger partial charge on any atom is -0.260 e. The average Bonchev–Trinajstić information content (AvgIpc) is 2.32. The van der Waals surface area contributed by atoms with E-state index < -0.39 is 0 Å². The van der Waals surface area contributed by atoms with Crippen LogP contribution in [-0.2, 0) is 11.5 Å². The van der Waals surface area contributed by atoms with E-state index in [-0.39, 0.29) is 0 Å². The largest absolute Gasteiger partial charge is 0.260 e. The lowest BCUT2D eigenvalue weighted by Crippen LogP contribution is -1.88. The van der Waals surface area contributed by atoms with E-state index in [0.717, 1.165) is 22.9 Å². The quantitative estimate of drug-likeness (QED) is 0.786. The Kier molecular flexibility index (Phi) is 3.74. The van der Waals surface area contributed by atoms with Crippen molar-refractivity contribution in [3.05, 3.63) is 60.2 Å². The van der Waals surface area contributed by atoms with Gasteiger partial charge in [-0.2, -0.15) is 0 Å². The van der Waals surface area contributed by atoms with Crippen LogP contribution in [-0.4, -0.2) is 9.97 Å². The molecule has 2 rings (SSSR count). The molecule has 2 aromatic rings. The summed E-state index contributed by atoms with van der Waals surface area (Å²) in [5.74, 6) is 1.88. The maximum Gasteiger partial charge on any atom is 0.0502 e. The van der Waals surface area contributed by atoms with Crippen LogP contribution in [0.3, 0.4) is 0 Å². The van der Waals surface area contributed by atoms with Gasteiger partial charge in [0.2, 0.25) is 0 Å². The molecule has 0 aliphatic carbocycles. The van der Waals surface area contributed by atoms with Gasteiger partial charge in [0.15, 0.2) is 0 Å². The molecule has 2 aromatic heterocycles. The van der Waals surface area contributed by atoms with Crippen molar-refractivity contribution in [3.8, 4) is 0 Å². The molecule has 0 bridgehead atoms. The van der Waals surface area contributed by atoms with Crippen molar-refractivity contribution in [1.82, 2.24) is 9.97 Å². The number of thioether (sulfide) groups is 1. The zero-order valence-corrected chi connectivity index (χ0v) is 9.15. The molecule has 0 saturated heterocycles. The Morgan fingerprint density at radius 3 is 1.73 bits per heavy atom. The van der Waals surface area contributed by atoms with Gasteiger partial charge in [-0.3, -0.25) is 9.97 Å². The first-order chi connectivity index (χ1) is 7.45. The zero-order valence-electron chi connectivity index (χ0n) is 8.34. The lowest BCUT2D eigenvalue weighted by atomic mass is 10.4. The van der Waals surface area contributed by atoms with E-state index in [4.69, 9.17) is 0 Å². The highest BCUT2D eigenvalue weighted by atomic mass is 32.2. The van der Waals surface area contributed by atoms with Gasteiger partial charge in [0.05, 0.1) is 11.4 Å². The molecule has 76 valence electrons. The van der Waals surface area contributed by atoms with Crippen LogP contribution in [0.15, 0.2) is 48.8 Å². The third-order valence-electron chi connectivity index (χ3n) is 1.95. The van der Waals surface area contributed by atoms with Crippen molar-refractivity contribution < 1.29 is 0 Å². The van der Waals surface area contributed by atoms with Crippen molar-refractivity contribution in [2.24, 2.45) is 0 Å².